The lowest BCUT2D eigenvalue weighted by molar-refractivity contribution is -0.385. The van der Waals surface area contributed by atoms with Gasteiger partial charge >= 0.3 is 0 Å². The Kier molecular flexibility index (Phi) is 2.52. The molecule has 0 bridgehead atoms. The highest BCUT2D eigenvalue weighted by molar-refractivity contribution is 5.81. The van der Waals surface area contributed by atoms with E-state index in [2.05, 4.69) is 4.98 Å². The van der Waals surface area contributed by atoms with Gasteiger partial charge in [0.1, 0.15) is 11.5 Å². The van der Waals surface area contributed by atoms with E-state index in [4.69, 9.17) is 0 Å². The molecule has 0 fully saturated rings. The van der Waals surface area contributed by atoms with Crippen molar-refractivity contribution in [2.24, 2.45) is 0 Å². The van der Waals surface area contributed by atoms with E-state index in [0.29, 0.717) is 11.5 Å². The van der Waals surface area contributed by atoms with Crippen molar-refractivity contribution >= 4 is 16.6 Å². The molecule has 3 rings (SSSR count). The first-order valence-corrected chi connectivity index (χ1v) is 5.85. The highest BCUT2D eigenvalue weighted by Gasteiger charge is 2.13. The molecule has 0 aliphatic heterocycles. The monoisotopic (exact) mass is 253 g/mol. The van der Waals surface area contributed by atoms with Gasteiger partial charge in [0.25, 0.3) is 5.69 Å². The number of hydrogen-bond acceptors (Lipinski definition) is 3. The molecule has 2 heterocycles. The summed E-state index contributed by atoms with van der Waals surface area (Å²) in [6, 6.07) is 13.1. The summed E-state index contributed by atoms with van der Waals surface area (Å²) in [6.07, 6.45) is 1.91. The van der Waals surface area contributed by atoms with Crippen LogP contribution in [0.3, 0.4) is 0 Å². The van der Waals surface area contributed by atoms with Crippen molar-refractivity contribution in [2.75, 3.05) is 0 Å². The smallest absolute Gasteiger partial charge is 0.290 e. The number of aryl methyl sites for hydroxylation is 1. The number of aromatic nitrogens is 2. The summed E-state index contributed by atoms with van der Waals surface area (Å²) in [7, 11) is 0. The number of hydrogen-bond donors (Lipinski definition) is 0. The number of pyridine rings is 1. The predicted molar refractivity (Wildman–Crippen MR) is 72.5 cm³/mol. The molecule has 0 amide bonds. The van der Waals surface area contributed by atoms with Crippen LogP contribution in [-0.2, 0) is 0 Å². The molecule has 0 radical (unpaired) electrons. The molecule has 0 saturated heterocycles. The van der Waals surface area contributed by atoms with E-state index in [9.17, 15) is 10.1 Å². The Balaban J connectivity index is 2.17. The normalized spacial score (nSPS) is 10.8. The summed E-state index contributed by atoms with van der Waals surface area (Å²) in [5.41, 5.74) is 1.49. The van der Waals surface area contributed by atoms with E-state index in [0.717, 1.165) is 10.9 Å². The fourth-order valence-corrected chi connectivity index (χ4v) is 2.15. The van der Waals surface area contributed by atoms with E-state index in [-0.39, 0.29) is 5.69 Å². The third-order valence-electron chi connectivity index (χ3n) is 3.09. The van der Waals surface area contributed by atoms with Gasteiger partial charge in [-0.25, -0.2) is 4.98 Å². The molecule has 19 heavy (non-hydrogen) atoms. The Labute approximate surface area is 109 Å². The highest BCUT2D eigenvalue weighted by atomic mass is 16.6. The largest absolute Gasteiger partial charge is 0.301 e. The lowest BCUT2D eigenvalue weighted by Gasteiger charge is -2.05. The molecule has 5 nitrogen and oxygen atoms in total. The van der Waals surface area contributed by atoms with Crippen LogP contribution in [0.5, 0.6) is 0 Å². The fourth-order valence-electron chi connectivity index (χ4n) is 2.15. The van der Waals surface area contributed by atoms with Crippen LogP contribution in [0.4, 0.5) is 5.69 Å². The number of para-hydroxylation sites is 1. The van der Waals surface area contributed by atoms with E-state index in [1.54, 1.807) is 13.0 Å². The molecular weight excluding hydrogens is 242 g/mol. The molecule has 94 valence electrons. The van der Waals surface area contributed by atoms with Gasteiger partial charge in [0.05, 0.1) is 10.4 Å². The van der Waals surface area contributed by atoms with Gasteiger partial charge < -0.3 is 4.57 Å². The molecule has 0 spiro atoms. The van der Waals surface area contributed by atoms with E-state index in [1.807, 2.05) is 41.1 Å². The summed E-state index contributed by atoms with van der Waals surface area (Å²) in [5, 5.41) is 11.9. The van der Waals surface area contributed by atoms with Gasteiger partial charge in [-0.2, -0.15) is 0 Å². The molecule has 0 aliphatic carbocycles. The van der Waals surface area contributed by atoms with Crippen LogP contribution in [0.2, 0.25) is 0 Å². The Hall–Kier alpha value is -2.69. The number of fused-ring (bicyclic) bond motifs is 1. The zero-order valence-electron chi connectivity index (χ0n) is 10.3. The van der Waals surface area contributed by atoms with Gasteiger partial charge in [0.15, 0.2) is 0 Å². The van der Waals surface area contributed by atoms with Gasteiger partial charge in [0, 0.05) is 12.3 Å². The van der Waals surface area contributed by atoms with Crippen molar-refractivity contribution < 1.29 is 4.92 Å². The van der Waals surface area contributed by atoms with Crippen LogP contribution in [0, 0.1) is 17.0 Å². The number of benzene rings is 1. The molecule has 2 aromatic heterocycles. The standard InChI is InChI=1S/C14H11N3O2/c1-10-12(17(18)19)6-7-14(15-10)16-9-8-11-4-2-3-5-13(11)16/h2-9H,1H3. The predicted octanol–water partition coefficient (Wildman–Crippen LogP) is 3.24. The second kappa shape index (κ2) is 4.20. The summed E-state index contributed by atoms with van der Waals surface area (Å²) < 4.78 is 1.92. The minimum atomic E-state index is -0.417. The molecule has 0 unspecified atom stereocenters. The van der Waals surface area contributed by atoms with Crippen LogP contribution < -0.4 is 0 Å². The Morgan fingerprint density at radius 1 is 1.16 bits per heavy atom. The summed E-state index contributed by atoms with van der Waals surface area (Å²) >= 11 is 0. The van der Waals surface area contributed by atoms with Crippen LogP contribution in [0.1, 0.15) is 5.69 Å². The van der Waals surface area contributed by atoms with E-state index < -0.39 is 4.92 Å². The molecular formula is C14H11N3O2. The van der Waals surface area contributed by atoms with Gasteiger partial charge in [-0.3, -0.25) is 10.1 Å². The van der Waals surface area contributed by atoms with Crippen LogP contribution >= 0.6 is 0 Å². The fraction of sp³-hybridized carbons (Fsp3) is 0.0714. The highest BCUT2D eigenvalue weighted by Crippen LogP contribution is 2.22. The minimum absolute atomic E-state index is 0.0419. The molecule has 0 saturated carbocycles. The van der Waals surface area contributed by atoms with Crippen LogP contribution in [0.25, 0.3) is 16.7 Å². The molecule has 1 aromatic carbocycles. The van der Waals surface area contributed by atoms with Crippen LogP contribution in [0.15, 0.2) is 48.7 Å². The Morgan fingerprint density at radius 3 is 2.68 bits per heavy atom. The molecule has 3 aromatic rings. The average Bonchev–Trinajstić information content (AvgIpc) is 2.82. The van der Waals surface area contributed by atoms with E-state index in [1.165, 1.54) is 6.07 Å². The molecule has 0 atom stereocenters. The summed E-state index contributed by atoms with van der Waals surface area (Å²) in [6.45, 7) is 1.65. The molecule has 0 aliphatic rings. The first-order chi connectivity index (χ1) is 9.16. The maximum Gasteiger partial charge on any atom is 0.290 e. The van der Waals surface area contributed by atoms with Gasteiger partial charge in [0.2, 0.25) is 0 Å². The lowest BCUT2D eigenvalue weighted by atomic mass is 10.2. The molecule has 5 heteroatoms. The first-order valence-electron chi connectivity index (χ1n) is 5.85. The average molecular weight is 253 g/mol. The SMILES string of the molecule is Cc1nc(-n2ccc3ccccc32)ccc1[N+](=O)[O-]. The van der Waals surface area contributed by atoms with Crippen molar-refractivity contribution in [3.8, 4) is 5.82 Å². The zero-order valence-corrected chi connectivity index (χ0v) is 10.3. The van der Waals surface area contributed by atoms with Crippen LogP contribution in [-0.4, -0.2) is 14.5 Å². The lowest BCUT2D eigenvalue weighted by Crippen LogP contribution is -2.00. The minimum Gasteiger partial charge on any atom is -0.301 e. The van der Waals surface area contributed by atoms with Gasteiger partial charge in [-0.05, 0) is 30.5 Å². The van der Waals surface area contributed by atoms with Gasteiger partial charge in [-0.15, -0.1) is 0 Å². The zero-order chi connectivity index (χ0) is 13.4. The number of nitro groups is 1. The van der Waals surface area contributed by atoms with Crippen molar-refractivity contribution in [3.63, 3.8) is 0 Å². The molecule has 0 N–H and O–H groups in total. The third kappa shape index (κ3) is 1.85. The second-order valence-corrected chi connectivity index (χ2v) is 4.28. The topological polar surface area (TPSA) is 61.0 Å². The maximum absolute atomic E-state index is 10.8. The van der Waals surface area contributed by atoms with Crippen molar-refractivity contribution in [1.82, 2.24) is 9.55 Å². The van der Waals surface area contributed by atoms with Crippen molar-refractivity contribution in [2.45, 2.75) is 6.92 Å². The summed E-state index contributed by atoms with van der Waals surface area (Å²) in [5.74, 6) is 0.685. The summed E-state index contributed by atoms with van der Waals surface area (Å²) in [4.78, 5) is 14.7. The first kappa shape index (κ1) is 11.4. The Morgan fingerprint density at radius 2 is 1.95 bits per heavy atom. The van der Waals surface area contributed by atoms with E-state index >= 15 is 0 Å². The third-order valence-corrected chi connectivity index (χ3v) is 3.09. The maximum atomic E-state index is 10.8. The van der Waals surface area contributed by atoms with Gasteiger partial charge in [-0.1, -0.05) is 18.2 Å². The second-order valence-electron chi connectivity index (χ2n) is 4.28. The Bertz CT molecular complexity index is 777. The van der Waals surface area contributed by atoms with Crippen molar-refractivity contribution in [1.29, 1.82) is 0 Å². The quantitative estimate of drug-likeness (QED) is 0.520. The van der Waals surface area contributed by atoms with Crippen molar-refractivity contribution in [3.05, 3.63) is 64.5 Å². The number of rotatable bonds is 2. The number of nitrogens with zero attached hydrogens (tertiary/aromatic N) is 3.